The van der Waals surface area contributed by atoms with Gasteiger partial charge < -0.3 is 15.5 Å². The van der Waals surface area contributed by atoms with Gasteiger partial charge in [-0.05, 0) is 58.7 Å². The number of hydrogen-bond acceptors (Lipinski definition) is 3. The molecule has 24 heavy (non-hydrogen) atoms. The number of nitrogens with zero attached hydrogens (tertiary/aromatic N) is 4. The summed E-state index contributed by atoms with van der Waals surface area (Å²) in [6, 6.07) is 0. The fourth-order valence-electron chi connectivity index (χ4n) is 3.31. The van der Waals surface area contributed by atoms with Crippen molar-refractivity contribution in [3.05, 3.63) is 17.0 Å². The molecule has 0 spiro atoms. The van der Waals surface area contributed by atoms with Crippen LogP contribution in [0.3, 0.4) is 0 Å². The van der Waals surface area contributed by atoms with Gasteiger partial charge in [-0.2, -0.15) is 5.10 Å². The van der Waals surface area contributed by atoms with Crippen LogP contribution in [0.15, 0.2) is 4.99 Å². The van der Waals surface area contributed by atoms with E-state index in [0.717, 1.165) is 44.3 Å². The largest absolute Gasteiger partial charge is 0.357 e. The van der Waals surface area contributed by atoms with Crippen LogP contribution in [0, 0.1) is 13.8 Å². The quantitative estimate of drug-likeness (QED) is 0.588. The Morgan fingerprint density at radius 3 is 2.54 bits per heavy atom. The maximum Gasteiger partial charge on any atom is 0.191 e. The Kier molecular flexibility index (Phi) is 7.56. The van der Waals surface area contributed by atoms with Crippen LogP contribution in [0.2, 0.25) is 0 Å². The Hall–Kier alpha value is -1.56. The number of piperidine rings is 1. The molecule has 1 aromatic heterocycles. The summed E-state index contributed by atoms with van der Waals surface area (Å²) in [5, 5.41) is 11.3. The summed E-state index contributed by atoms with van der Waals surface area (Å²) in [4.78, 5) is 7.25. The monoisotopic (exact) mass is 334 g/mol. The topological polar surface area (TPSA) is 57.5 Å². The summed E-state index contributed by atoms with van der Waals surface area (Å²) < 4.78 is 1.96. The zero-order chi connectivity index (χ0) is 17.4. The number of likely N-dealkylation sites (tertiary alicyclic amines) is 1. The minimum atomic E-state index is 0.861. The van der Waals surface area contributed by atoms with Gasteiger partial charge in [-0.25, -0.2) is 0 Å². The van der Waals surface area contributed by atoms with E-state index in [2.05, 4.69) is 41.4 Å². The van der Waals surface area contributed by atoms with E-state index in [9.17, 15) is 0 Å². The smallest absolute Gasteiger partial charge is 0.191 e. The zero-order valence-corrected chi connectivity index (χ0v) is 15.9. The predicted molar refractivity (Wildman–Crippen MR) is 101 cm³/mol. The molecule has 2 heterocycles. The first-order valence-corrected chi connectivity index (χ1v) is 9.35. The summed E-state index contributed by atoms with van der Waals surface area (Å²) in [6.07, 6.45) is 5.04. The number of aliphatic imine (C=N–C) groups is 1. The molecule has 1 aliphatic rings. The third-order valence-corrected chi connectivity index (χ3v) is 4.81. The van der Waals surface area contributed by atoms with Gasteiger partial charge in [-0.15, -0.1) is 0 Å². The molecule has 0 aromatic carbocycles. The van der Waals surface area contributed by atoms with E-state index in [1.165, 1.54) is 43.6 Å². The van der Waals surface area contributed by atoms with Crippen molar-refractivity contribution in [2.75, 3.05) is 39.3 Å². The highest BCUT2D eigenvalue weighted by atomic mass is 15.3. The van der Waals surface area contributed by atoms with Crippen LogP contribution in [-0.4, -0.2) is 59.9 Å². The van der Waals surface area contributed by atoms with Crippen molar-refractivity contribution < 1.29 is 0 Å². The first kappa shape index (κ1) is 18.8. The van der Waals surface area contributed by atoms with Crippen molar-refractivity contribution in [3.63, 3.8) is 0 Å². The normalized spacial score (nSPS) is 16.4. The second kappa shape index (κ2) is 9.67. The van der Waals surface area contributed by atoms with Crippen LogP contribution in [-0.2, 0) is 13.5 Å². The van der Waals surface area contributed by atoms with E-state index in [1.807, 2.05) is 11.7 Å². The number of guanidine groups is 1. The maximum absolute atomic E-state index is 4.72. The molecule has 1 aliphatic heterocycles. The van der Waals surface area contributed by atoms with Crippen molar-refractivity contribution in [1.82, 2.24) is 25.3 Å². The summed E-state index contributed by atoms with van der Waals surface area (Å²) in [7, 11) is 2.01. The van der Waals surface area contributed by atoms with Gasteiger partial charge in [0.2, 0.25) is 0 Å². The number of aryl methyl sites for hydroxylation is 2. The van der Waals surface area contributed by atoms with Crippen molar-refractivity contribution in [1.29, 1.82) is 0 Å². The molecule has 0 bridgehead atoms. The van der Waals surface area contributed by atoms with Gasteiger partial charge in [0.15, 0.2) is 5.96 Å². The van der Waals surface area contributed by atoms with Crippen molar-refractivity contribution in [2.45, 2.75) is 46.5 Å². The number of hydrogen-bond donors (Lipinski definition) is 2. The van der Waals surface area contributed by atoms with E-state index in [0.29, 0.717) is 0 Å². The lowest BCUT2D eigenvalue weighted by atomic mass is 10.1. The van der Waals surface area contributed by atoms with Crippen molar-refractivity contribution in [2.24, 2.45) is 12.0 Å². The van der Waals surface area contributed by atoms with Gasteiger partial charge in [0, 0.05) is 32.4 Å². The minimum Gasteiger partial charge on any atom is -0.357 e. The molecule has 0 saturated carbocycles. The van der Waals surface area contributed by atoms with Crippen LogP contribution in [0.5, 0.6) is 0 Å². The van der Waals surface area contributed by atoms with Crippen LogP contribution in [0.1, 0.15) is 43.1 Å². The molecule has 2 N–H and O–H groups in total. The van der Waals surface area contributed by atoms with Crippen LogP contribution in [0.4, 0.5) is 0 Å². The van der Waals surface area contributed by atoms with Gasteiger partial charge in [0.1, 0.15) is 0 Å². The molecule has 6 heteroatoms. The molecule has 136 valence electrons. The number of rotatable bonds is 7. The molecule has 0 unspecified atom stereocenters. The number of nitrogens with one attached hydrogen (secondary N) is 2. The molecule has 1 saturated heterocycles. The Bertz CT molecular complexity index is 528. The fourth-order valence-corrected chi connectivity index (χ4v) is 3.31. The van der Waals surface area contributed by atoms with E-state index >= 15 is 0 Å². The van der Waals surface area contributed by atoms with Crippen molar-refractivity contribution >= 4 is 5.96 Å². The molecular formula is C18H34N6. The highest BCUT2D eigenvalue weighted by Gasteiger charge is 2.10. The van der Waals surface area contributed by atoms with Gasteiger partial charge in [0.25, 0.3) is 0 Å². The van der Waals surface area contributed by atoms with E-state index in [1.54, 1.807) is 0 Å². The zero-order valence-electron chi connectivity index (χ0n) is 15.9. The molecule has 2 rings (SSSR count). The summed E-state index contributed by atoms with van der Waals surface area (Å²) >= 11 is 0. The first-order chi connectivity index (χ1) is 11.6. The molecule has 6 nitrogen and oxygen atoms in total. The van der Waals surface area contributed by atoms with Gasteiger partial charge in [0.05, 0.1) is 12.2 Å². The lowest BCUT2D eigenvalue weighted by Gasteiger charge is -2.25. The highest BCUT2D eigenvalue weighted by Crippen LogP contribution is 2.11. The molecule has 1 fully saturated rings. The Labute approximate surface area is 146 Å². The van der Waals surface area contributed by atoms with E-state index in [4.69, 9.17) is 4.99 Å². The molecule has 0 atom stereocenters. The third kappa shape index (κ3) is 5.51. The molecule has 1 aromatic rings. The number of aromatic nitrogens is 2. The van der Waals surface area contributed by atoms with E-state index < -0.39 is 0 Å². The molecule has 0 radical (unpaired) electrons. The summed E-state index contributed by atoms with van der Waals surface area (Å²) in [6.45, 7) is 12.5. The summed E-state index contributed by atoms with van der Waals surface area (Å²) in [5.74, 6) is 0.925. The lowest BCUT2D eigenvalue weighted by molar-refractivity contribution is 0.235. The van der Waals surface area contributed by atoms with E-state index in [-0.39, 0.29) is 0 Å². The predicted octanol–water partition coefficient (Wildman–Crippen LogP) is 1.62. The van der Waals surface area contributed by atoms with Crippen LogP contribution >= 0.6 is 0 Å². The van der Waals surface area contributed by atoms with Crippen molar-refractivity contribution in [3.8, 4) is 0 Å². The van der Waals surface area contributed by atoms with Gasteiger partial charge in [-0.1, -0.05) is 6.42 Å². The SMILES string of the molecule is CCNC(=NCCN1CCCCC1)NCCc1c(C)nn(C)c1C. The third-order valence-electron chi connectivity index (χ3n) is 4.81. The average molecular weight is 335 g/mol. The maximum atomic E-state index is 4.72. The first-order valence-electron chi connectivity index (χ1n) is 9.35. The van der Waals surface area contributed by atoms with Gasteiger partial charge in [-0.3, -0.25) is 9.67 Å². The molecule has 0 aliphatic carbocycles. The Morgan fingerprint density at radius 2 is 1.92 bits per heavy atom. The highest BCUT2D eigenvalue weighted by molar-refractivity contribution is 5.79. The standard InChI is InChI=1S/C18H34N6/c1-5-19-18(21-11-14-24-12-7-6-8-13-24)20-10-9-17-15(2)22-23(4)16(17)3/h5-14H2,1-4H3,(H2,19,20,21). The Balaban J connectivity index is 1.78. The minimum absolute atomic E-state index is 0.861. The average Bonchev–Trinajstić information content (AvgIpc) is 2.82. The second-order valence-electron chi connectivity index (χ2n) is 6.61. The summed E-state index contributed by atoms with van der Waals surface area (Å²) in [5.41, 5.74) is 3.72. The molecule has 0 amide bonds. The lowest BCUT2D eigenvalue weighted by Crippen LogP contribution is -2.39. The fraction of sp³-hybridized carbons (Fsp3) is 0.778. The van der Waals surface area contributed by atoms with Gasteiger partial charge >= 0.3 is 0 Å². The molecular weight excluding hydrogens is 300 g/mol. The Morgan fingerprint density at radius 1 is 1.17 bits per heavy atom. The second-order valence-corrected chi connectivity index (χ2v) is 6.61. The van der Waals surface area contributed by atoms with Crippen LogP contribution in [0.25, 0.3) is 0 Å². The van der Waals surface area contributed by atoms with Crippen LogP contribution < -0.4 is 10.6 Å².